The Morgan fingerprint density at radius 2 is 1.83 bits per heavy atom. The number of nitrogens with zero attached hydrogens (tertiary/aromatic N) is 2. The largest absolute Gasteiger partial charge is 0.351 e. The first-order valence-electron chi connectivity index (χ1n) is 8.15. The fraction of sp³-hybridized carbons (Fsp3) is 0.625. The number of urea groups is 1. The lowest BCUT2D eigenvalue weighted by atomic mass is 10.2. The molecule has 0 radical (unpaired) electrons. The Kier molecular flexibility index (Phi) is 6.85. The maximum Gasteiger partial charge on any atom is 0.317 e. The van der Waals surface area contributed by atoms with Crippen molar-refractivity contribution in [2.24, 2.45) is 0 Å². The normalized spacial score (nSPS) is 15.5. The van der Waals surface area contributed by atoms with E-state index >= 15 is 0 Å². The Morgan fingerprint density at radius 1 is 1.13 bits per heavy atom. The van der Waals surface area contributed by atoms with Crippen LogP contribution in [0.5, 0.6) is 0 Å². The summed E-state index contributed by atoms with van der Waals surface area (Å²) in [5.41, 5.74) is 0. The predicted molar refractivity (Wildman–Crippen MR) is 92.6 cm³/mol. The average Bonchev–Trinajstić information content (AvgIpc) is 2.99. The van der Waals surface area contributed by atoms with Crippen LogP contribution in [-0.4, -0.2) is 61.0 Å². The zero-order valence-electron chi connectivity index (χ0n) is 13.9. The van der Waals surface area contributed by atoms with Crippen molar-refractivity contribution in [1.82, 2.24) is 20.4 Å². The maximum absolute atomic E-state index is 11.8. The summed E-state index contributed by atoms with van der Waals surface area (Å²) in [6, 6.07) is 4.28. The molecule has 128 valence electrons. The van der Waals surface area contributed by atoms with Crippen molar-refractivity contribution in [3.05, 3.63) is 21.9 Å². The number of carbonyl (C=O) groups excluding carboxylic acids is 2. The second kappa shape index (κ2) is 8.88. The van der Waals surface area contributed by atoms with Gasteiger partial charge in [-0.25, -0.2) is 4.79 Å². The minimum atomic E-state index is 0.00457. The number of rotatable bonds is 6. The highest BCUT2D eigenvalue weighted by Gasteiger charge is 2.20. The second-order valence-corrected chi connectivity index (χ2v) is 6.94. The smallest absolute Gasteiger partial charge is 0.317 e. The highest BCUT2D eigenvalue weighted by Crippen LogP contribution is 2.17. The molecule has 23 heavy (non-hydrogen) atoms. The molecular formula is C16H26N4O2S. The van der Waals surface area contributed by atoms with Crippen molar-refractivity contribution in [3.63, 3.8) is 0 Å². The van der Waals surface area contributed by atoms with E-state index in [-0.39, 0.29) is 11.9 Å². The molecule has 2 rings (SSSR count). The highest BCUT2D eigenvalue weighted by molar-refractivity contribution is 7.11. The monoisotopic (exact) mass is 338 g/mol. The molecule has 7 heteroatoms. The summed E-state index contributed by atoms with van der Waals surface area (Å²) in [6.45, 7) is 9.24. The minimum Gasteiger partial charge on any atom is -0.351 e. The van der Waals surface area contributed by atoms with Gasteiger partial charge in [-0.15, -0.1) is 11.3 Å². The van der Waals surface area contributed by atoms with Crippen molar-refractivity contribution in [2.45, 2.75) is 26.8 Å². The SMILES string of the molecule is CCNC(=O)N1CCN(CCc2ccc(CNC(C)=O)s2)CC1. The molecule has 0 saturated carbocycles. The Labute approximate surface area is 141 Å². The van der Waals surface area contributed by atoms with Gasteiger partial charge in [0.2, 0.25) is 5.91 Å². The number of thiophene rings is 1. The van der Waals surface area contributed by atoms with E-state index in [0.29, 0.717) is 13.1 Å². The van der Waals surface area contributed by atoms with Crippen LogP contribution in [0.1, 0.15) is 23.6 Å². The summed E-state index contributed by atoms with van der Waals surface area (Å²) < 4.78 is 0. The Hall–Kier alpha value is -1.60. The van der Waals surface area contributed by atoms with Gasteiger partial charge in [0.15, 0.2) is 0 Å². The van der Waals surface area contributed by atoms with Gasteiger partial charge in [-0.3, -0.25) is 9.69 Å². The quantitative estimate of drug-likeness (QED) is 0.821. The second-order valence-electron chi connectivity index (χ2n) is 5.69. The molecule has 0 atom stereocenters. The number of piperazine rings is 1. The minimum absolute atomic E-state index is 0.00457. The van der Waals surface area contributed by atoms with Crippen LogP contribution in [-0.2, 0) is 17.8 Å². The first-order valence-corrected chi connectivity index (χ1v) is 8.97. The summed E-state index contributed by atoms with van der Waals surface area (Å²) in [5, 5.41) is 5.67. The van der Waals surface area contributed by atoms with E-state index in [0.717, 1.165) is 39.1 Å². The number of hydrogen-bond acceptors (Lipinski definition) is 4. The van der Waals surface area contributed by atoms with E-state index in [4.69, 9.17) is 0 Å². The Bertz CT molecular complexity index is 524. The lowest BCUT2D eigenvalue weighted by Crippen LogP contribution is -2.52. The van der Waals surface area contributed by atoms with Crippen LogP contribution in [0.3, 0.4) is 0 Å². The molecule has 2 N–H and O–H groups in total. The highest BCUT2D eigenvalue weighted by atomic mass is 32.1. The van der Waals surface area contributed by atoms with E-state index < -0.39 is 0 Å². The first kappa shape index (κ1) is 17.7. The van der Waals surface area contributed by atoms with Gasteiger partial charge in [0, 0.05) is 55.9 Å². The van der Waals surface area contributed by atoms with Crippen LogP contribution in [0.25, 0.3) is 0 Å². The average molecular weight is 338 g/mol. The molecule has 1 aromatic rings. The van der Waals surface area contributed by atoms with Gasteiger partial charge in [-0.05, 0) is 25.5 Å². The molecule has 0 aliphatic carbocycles. The van der Waals surface area contributed by atoms with E-state index in [1.165, 1.54) is 16.7 Å². The van der Waals surface area contributed by atoms with E-state index in [1.807, 2.05) is 11.8 Å². The number of hydrogen-bond donors (Lipinski definition) is 2. The van der Waals surface area contributed by atoms with Crippen LogP contribution >= 0.6 is 11.3 Å². The summed E-state index contributed by atoms with van der Waals surface area (Å²) >= 11 is 1.76. The van der Waals surface area contributed by atoms with Crippen LogP contribution in [0.2, 0.25) is 0 Å². The third-order valence-corrected chi connectivity index (χ3v) is 5.04. The topological polar surface area (TPSA) is 64.7 Å². The third kappa shape index (κ3) is 5.84. The summed E-state index contributed by atoms with van der Waals surface area (Å²) in [7, 11) is 0. The van der Waals surface area contributed by atoms with E-state index in [9.17, 15) is 9.59 Å². The molecule has 6 nitrogen and oxygen atoms in total. The Morgan fingerprint density at radius 3 is 2.48 bits per heavy atom. The fourth-order valence-corrected chi connectivity index (χ4v) is 3.52. The standard InChI is InChI=1S/C16H26N4O2S/c1-3-17-16(22)20-10-8-19(9-11-20)7-6-14-4-5-15(23-14)12-18-13(2)21/h4-5H,3,6-12H2,1-2H3,(H,17,22)(H,18,21). The molecule has 0 aromatic carbocycles. The van der Waals surface area contributed by atoms with E-state index in [1.54, 1.807) is 11.3 Å². The van der Waals surface area contributed by atoms with Crippen molar-refractivity contribution < 1.29 is 9.59 Å². The van der Waals surface area contributed by atoms with Crippen LogP contribution in [0.4, 0.5) is 4.79 Å². The van der Waals surface area contributed by atoms with Crippen molar-refractivity contribution in [3.8, 4) is 0 Å². The first-order chi connectivity index (χ1) is 11.1. The van der Waals surface area contributed by atoms with Crippen LogP contribution < -0.4 is 10.6 Å². The van der Waals surface area contributed by atoms with Gasteiger partial charge < -0.3 is 15.5 Å². The summed E-state index contributed by atoms with van der Waals surface area (Å²) in [5.74, 6) is 0.00457. The van der Waals surface area contributed by atoms with Gasteiger partial charge in [0.1, 0.15) is 0 Å². The molecule has 1 aliphatic heterocycles. The number of amides is 3. The van der Waals surface area contributed by atoms with Crippen LogP contribution in [0, 0.1) is 0 Å². The lowest BCUT2D eigenvalue weighted by molar-refractivity contribution is -0.119. The number of nitrogens with one attached hydrogen (secondary N) is 2. The molecule has 0 unspecified atom stereocenters. The molecule has 1 saturated heterocycles. The van der Waals surface area contributed by atoms with Crippen molar-refractivity contribution >= 4 is 23.3 Å². The Balaban J connectivity index is 1.69. The zero-order valence-corrected chi connectivity index (χ0v) is 14.7. The molecule has 1 aliphatic rings. The van der Waals surface area contributed by atoms with Gasteiger partial charge in [-0.2, -0.15) is 0 Å². The van der Waals surface area contributed by atoms with Gasteiger partial charge in [-0.1, -0.05) is 0 Å². The molecule has 1 fully saturated rings. The third-order valence-electron chi connectivity index (χ3n) is 3.89. The maximum atomic E-state index is 11.8. The van der Waals surface area contributed by atoms with Gasteiger partial charge in [0.25, 0.3) is 0 Å². The van der Waals surface area contributed by atoms with Crippen molar-refractivity contribution in [2.75, 3.05) is 39.3 Å². The fourth-order valence-electron chi connectivity index (χ4n) is 2.57. The summed E-state index contributed by atoms with van der Waals surface area (Å²) in [4.78, 5) is 29.5. The van der Waals surface area contributed by atoms with E-state index in [2.05, 4.69) is 27.7 Å². The van der Waals surface area contributed by atoms with Gasteiger partial charge in [0.05, 0.1) is 6.54 Å². The molecular weight excluding hydrogens is 312 g/mol. The van der Waals surface area contributed by atoms with Crippen LogP contribution in [0.15, 0.2) is 12.1 Å². The zero-order chi connectivity index (χ0) is 16.7. The van der Waals surface area contributed by atoms with Crippen molar-refractivity contribution in [1.29, 1.82) is 0 Å². The molecule has 1 aromatic heterocycles. The lowest BCUT2D eigenvalue weighted by Gasteiger charge is -2.34. The molecule has 3 amide bonds. The molecule has 0 spiro atoms. The number of carbonyl (C=O) groups is 2. The van der Waals surface area contributed by atoms with Gasteiger partial charge >= 0.3 is 6.03 Å². The molecule has 2 heterocycles. The predicted octanol–water partition coefficient (Wildman–Crippen LogP) is 1.27. The summed E-state index contributed by atoms with van der Waals surface area (Å²) in [6.07, 6.45) is 1.02. The molecule has 0 bridgehead atoms.